The number of hydrogen-bond acceptors (Lipinski definition) is 5. The molecule has 6 heteroatoms. The van der Waals surface area contributed by atoms with Gasteiger partial charge in [0.05, 0.1) is 25.8 Å². The molecule has 0 unspecified atom stereocenters. The molecule has 2 aromatic carbocycles. The number of methoxy groups -OCH3 is 2. The average Bonchev–Trinajstić information content (AvgIpc) is 2.91. The Morgan fingerprint density at radius 3 is 2.23 bits per heavy atom. The Morgan fingerprint density at radius 2 is 1.62 bits per heavy atom. The van der Waals surface area contributed by atoms with Crippen molar-refractivity contribution in [1.29, 1.82) is 0 Å². The summed E-state index contributed by atoms with van der Waals surface area (Å²) in [6, 6.07) is 16.4. The van der Waals surface area contributed by atoms with Crippen LogP contribution in [0.15, 0.2) is 60.3 Å². The lowest BCUT2D eigenvalue weighted by Gasteiger charge is -2.14. The summed E-state index contributed by atoms with van der Waals surface area (Å²) in [5, 5.41) is 3.10. The Kier molecular flexibility index (Phi) is 5.34. The highest BCUT2D eigenvalue weighted by atomic mass is 16.5. The van der Waals surface area contributed by atoms with E-state index in [1.165, 1.54) is 12.0 Å². The molecule has 1 aliphatic heterocycles. The summed E-state index contributed by atoms with van der Waals surface area (Å²) in [5.41, 5.74) is 2.01. The first-order valence-corrected chi connectivity index (χ1v) is 8.21. The molecule has 0 fully saturated rings. The molecule has 0 aliphatic carbocycles. The van der Waals surface area contributed by atoms with Crippen molar-refractivity contribution in [3.05, 3.63) is 65.9 Å². The fraction of sp³-hybridized carbons (Fsp3) is 0.200. The van der Waals surface area contributed by atoms with E-state index in [0.29, 0.717) is 16.9 Å². The lowest BCUT2D eigenvalue weighted by Crippen LogP contribution is -2.35. The fourth-order valence-corrected chi connectivity index (χ4v) is 2.77. The number of amides is 2. The normalized spacial score (nSPS) is 14.2. The van der Waals surface area contributed by atoms with E-state index in [1.807, 2.05) is 30.3 Å². The second kappa shape index (κ2) is 7.84. The molecular weight excluding hydrogens is 332 g/mol. The highest BCUT2D eigenvalue weighted by molar-refractivity contribution is 6.36. The molecule has 0 spiro atoms. The zero-order valence-corrected chi connectivity index (χ0v) is 14.7. The molecule has 0 radical (unpaired) electrons. The van der Waals surface area contributed by atoms with Gasteiger partial charge in [0.15, 0.2) is 0 Å². The first kappa shape index (κ1) is 17.7. The fourth-order valence-electron chi connectivity index (χ4n) is 2.77. The third-order valence-electron chi connectivity index (χ3n) is 4.11. The summed E-state index contributed by atoms with van der Waals surface area (Å²) in [7, 11) is 3.11. The first-order valence-electron chi connectivity index (χ1n) is 8.21. The minimum absolute atomic E-state index is 0.202. The van der Waals surface area contributed by atoms with Gasteiger partial charge in [-0.2, -0.15) is 0 Å². The maximum atomic E-state index is 12.9. The largest absolute Gasteiger partial charge is 0.497 e. The number of anilines is 1. The van der Waals surface area contributed by atoms with E-state index < -0.39 is 0 Å². The summed E-state index contributed by atoms with van der Waals surface area (Å²) in [6.45, 7) is 0.486. The van der Waals surface area contributed by atoms with Crippen LogP contribution in [0.3, 0.4) is 0 Å². The van der Waals surface area contributed by atoms with Gasteiger partial charge >= 0.3 is 0 Å². The molecule has 1 N–H and O–H groups in total. The third-order valence-corrected chi connectivity index (χ3v) is 4.11. The van der Waals surface area contributed by atoms with Crippen molar-refractivity contribution in [2.24, 2.45) is 0 Å². The van der Waals surface area contributed by atoms with Crippen molar-refractivity contribution in [3.8, 4) is 5.75 Å². The number of para-hydroxylation sites is 1. The maximum absolute atomic E-state index is 12.9. The number of rotatable bonds is 7. The Balaban J connectivity index is 2.01. The number of imide groups is 1. The maximum Gasteiger partial charge on any atom is 0.278 e. The van der Waals surface area contributed by atoms with E-state index in [1.54, 1.807) is 31.4 Å². The topological polar surface area (TPSA) is 67.9 Å². The van der Waals surface area contributed by atoms with Gasteiger partial charge in [0, 0.05) is 12.8 Å². The Labute approximate surface area is 152 Å². The molecule has 3 rings (SSSR count). The SMILES string of the molecule is COCCN1C(=O)C(Nc2ccccc2)=C(c2ccc(OC)cc2)C1=O. The van der Waals surface area contributed by atoms with Crippen molar-refractivity contribution in [2.75, 3.05) is 32.7 Å². The standard InChI is InChI=1S/C20H20N2O4/c1-25-13-12-22-19(23)17(14-8-10-16(26-2)11-9-14)18(20(22)24)21-15-6-4-3-5-7-15/h3-11,21H,12-13H2,1-2H3. The molecule has 6 nitrogen and oxygen atoms in total. The summed E-state index contributed by atoms with van der Waals surface area (Å²) >= 11 is 0. The van der Waals surface area contributed by atoms with Crippen molar-refractivity contribution in [2.45, 2.75) is 0 Å². The summed E-state index contributed by atoms with van der Waals surface area (Å²) in [6.07, 6.45) is 0. The Bertz CT molecular complexity index is 829. The van der Waals surface area contributed by atoms with Crippen LogP contribution in [0.25, 0.3) is 5.57 Å². The zero-order chi connectivity index (χ0) is 18.5. The highest BCUT2D eigenvalue weighted by Gasteiger charge is 2.38. The number of hydrogen-bond donors (Lipinski definition) is 1. The van der Waals surface area contributed by atoms with Crippen LogP contribution in [0.5, 0.6) is 5.75 Å². The molecule has 2 amide bonds. The van der Waals surface area contributed by atoms with Crippen LogP contribution in [0, 0.1) is 0 Å². The number of nitrogens with one attached hydrogen (secondary N) is 1. The number of ether oxygens (including phenoxy) is 2. The molecule has 1 aliphatic rings. The van der Waals surface area contributed by atoms with Crippen LogP contribution < -0.4 is 10.1 Å². The zero-order valence-electron chi connectivity index (χ0n) is 14.7. The lowest BCUT2D eigenvalue weighted by molar-refractivity contribution is -0.137. The summed E-state index contributed by atoms with van der Waals surface area (Å²) < 4.78 is 10.2. The highest BCUT2D eigenvalue weighted by Crippen LogP contribution is 2.31. The van der Waals surface area contributed by atoms with E-state index in [-0.39, 0.29) is 30.7 Å². The smallest absolute Gasteiger partial charge is 0.278 e. The number of benzene rings is 2. The number of carbonyl (C=O) groups excluding carboxylic acids is 2. The van der Waals surface area contributed by atoms with Gasteiger partial charge in [0.1, 0.15) is 11.4 Å². The molecule has 26 heavy (non-hydrogen) atoms. The van der Waals surface area contributed by atoms with Gasteiger partial charge in [0.25, 0.3) is 11.8 Å². The molecular formula is C20H20N2O4. The van der Waals surface area contributed by atoms with Crippen molar-refractivity contribution < 1.29 is 19.1 Å². The van der Waals surface area contributed by atoms with Crippen LogP contribution in [-0.2, 0) is 14.3 Å². The van der Waals surface area contributed by atoms with E-state index in [2.05, 4.69) is 5.32 Å². The van der Waals surface area contributed by atoms with Crippen LogP contribution in [0.2, 0.25) is 0 Å². The number of nitrogens with zero attached hydrogens (tertiary/aromatic N) is 1. The lowest BCUT2D eigenvalue weighted by atomic mass is 10.0. The van der Waals surface area contributed by atoms with Crippen molar-refractivity contribution >= 4 is 23.1 Å². The molecule has 134 valence electrons. The van der Waals surface area contributed by atoms with E-state index in [4.69, 9.17) is 9.47 Å². The molecule has 2 aromatic rings. The predicted octanol–water partition coefficient (Wildman–Crippen LogP) is 2.53. The second-order valence-electron chi connectivity index (χ2n) is 5.72. The molecule has 0 saturated carbocycles. The third kappa shape index (κ3) is 3.45. The van der Waals surface area contributed by atoms with E-state index in [0.717, 1.165) is 5.69 Å². The van der Waals surface area contributed by atoms with Crippen LogP contribution in [0.1, 0.15) is 5.56 Å². The Morgan fingerprint density at radius 1 is 0.923 bits per heavy atom. The first-order chi connectivity index (χ1) is 12.7. The van der Waals surface area contributed by atoms with E-state index in [9.17, 15) is 9.59 Å². The monoisotopic (exact) mass is 352 g/mol. The predicted molar refractivity (Wildman–Crippen MR) is 98.6 cm³/mol. The Hall–Kier alpha value is -3.12. The van der Waals surface area contributed by atoms with Crippen molar-refractivity contribution in [1.82, 2.24) is 4.90 Å². The van der Waals surface area contributed by atoms with Gasteiger partial charge in [-0.1, -0.05) is 30.3 Å². The minimum atomic E-state index is -0.360. The van der Waals surface area contributed by atoms with Gasteiger partial charge in [-0.25, -0.2) is 0 Å². The van der Waals surface area contributed by atoms with Crippen molar-refractivity contribution in [3.63, 3.8) is 0 Å². The second-order valence-corrected chi connectivity index (χ2v) is 5.72. The quantitative estimate of drug-likeness (QED) is 0.776. The molecule has 0 bridgehead atoms. The summed E-state index contributed by atoms with van der Waals surface area (Å²) in [4.78, 5) is 26.9. The molecule has 0 saturated heterocycles. The molecule has 1 heterocycles. The van der Waals surface area contributed by atoms with Gasteiger partial charge in [-0.05, 0) is 29.8 Å². The van der Waals surface area contributed by atoms with E-state index >= 15 is 0 Å². The molecule has 0 aromatic heterocycles. The number of carbonyl (C=O) groups is 2. The van der Waals surface area contributed by atoms with Gasteiger partial charge in [-0.3, -0.25) is 14.5 Å². The summed E-state index contributed by atoms with van der Waals surface area (Å²) in [5.74, 6) is -0.0164. The van der Waals surface area contributed by atoms with Crippen LogP contribution >= 0.6 is 0 Å². The average molecular weight is 352 g/mol. The molecule has 0 atom stereocenters. The van der Waals surface area contributed by atoms with Crippen LogP contribution in [-0.4, -0.2) is 44.1 Å². The minimum Gasteiger partial charge on any atom is -0.497 e. The van der Waals surface area contributed by atoms with Gasteiger partial charge < -0.3 is 14.8 Å². The van der Waals surface area contributed by atoms with Crippen LogP contribution in [0.4, 0.5) is 5.69 Å². The van der Waals surface area contributed by atoms with Gasteiger partial charge in [-0.15, -0.1) is 0 Å². The van der Waals surface area contributed by atoms with Gasteiger partial charge in [0.2, 0.25) is 0 Å².